The van der Waals surface area contributed by atoms with Gasteiger partial charge < -0.3 is 20.1 Å². The molecule has 0 aliphatic carbocycles. The van der Waals surface area contributed by atoms with Crippen LogP contribution in [0.5, 0.6) is 11.5 Å². The average Bonchev–Trinajstić information content (AvgIpc) is 2.59. The van der Waals surface area contributed by atoms with Gasteiger partial charge in [0.15, 0.2) is 0 Å². The second kappa shape index (κ2) is 8.78. The van der Waals surface area contributed by atoms with Crippen LogP contribution in [-0.2, 0) is 16.1 Å². The molecule has 2 aromatic carbocycles. The molecule has 2 rings (SSSR count). The monoisotopic (exact) mass is 384 g/mol. The Hall–Kier alpha value is -3.02. The lowest BCUT2D eigenvalue weighted by atomic mass is 10.0. The lowest BCUT2D eigenvalue weighted by molar-refractivity contribution is -0.126. The minimum Gasteiger partial charge on any atom is -0.457 e. The van der Waals surface area contributed by atoms with Crippen molar-refractivity contribution in [1.29, 1.82) is 0 Å². The summed E-state index contributed by atoms with van der Waals surface area (Å²) in [6.07, 6.45) is -0.630. The summed E-state index contributed by atoms with van der Waals surface area (Å²) in [5.41, 5.74) is -0.805. The van der Waals surface area contributed by atoms with Crippen LogP contribution in [0.4, 0.5) is 4.79 Å². The Morgan fingerprint density at radius 1 is 0.857 bits per heavy atom. The van der Waals surface area contributed by atoms with Gasteiger partial charge in [-0.1, -0.05) is 30.3 Å². The lowest BCUT2D eigenvalue weighted by Crippen LogP contribution is -2.55. The Bertz CT molecular complexity index is 794. The van der Waals surface area contributed by atoms with E-state index >= 15 is 0 Å². The standard InChI is InChI=1S/C22H28N2O4/c1-21(2,3)28-20(26)24-22(4,5)19(25)23-15-16-11-13-18(14-12-16)27-17-9-7-6-8-10-17/h6-14H,15H2,1-5H3,(H,23,25)(H,24,26). The summed E-state index contributed by atoms with van der Waals surface area (Å²) >= 11 is 0. The number of hydrogen-bond acceptors (Lipinski definition) is 4. The van der Waals surface area contributed by atoms with Gasteiger partial charge in [-0.25, -0.2) is 4.79 Å². The van der Waals surface area contributed by atoms with Crippen LogP contribution in [0.25, 0.3) is 0 Å². The first-order chi connectivity index (χ1) is 13.0. The summed E-state index contributed by atoms with van der Waals surface area (Å²) < 4.78 is 11.0. The third kappa shape index (κ3) is 6.95. The van der Waals surface area contributed by atoms with Gasteiger partial charge in [0.1, 0.15) is 22.6 Å². The van der Waals surface area contributed by atoms with E-state index in [0.29, 0.717) is 12.3 Å². The summed E-state index contributed by atoms with van der Waals surface area (Å²) in [4.78, 5) is 24.4. The van der Waals surface area contributed by atoms with E-state index in [1.54, 1.807) is 34.6 Å². The third-order valence-corrected chi connectivity index (χ3v) is 3.74. The summed E-state index contributed by atoms with van der Waals surface area (Å²) in [5.74, 6) is 1.18. The van der Waals surface area contributed by atoms with E-state index in [2.05, 4.69) is 10.6 Å². The number of amides is 2. The van der Waals surface area contributed by atoms with Crippen LogP contribution < -0.4 is 15.4 Å². The van der Waals surface area contributed by atoms with Gasteiger partial charge in [0.2, 0.25) is 5.91 Å². The van der Waals surface area contributed by atoms with E-state index in [1.807, 2.05) is 54.6 Å². The first kappa shape index (κ1) is 21.3. The maximum absolute atomic E-state index is 12.4. The molecule has 2 N–H and O–H groups in total. The number of carbonyl (C=O) groups is 2. The molecule has 150 valence electrons. The second-order valence-electron chi connectivity index (χ2n) is 7.99. The molecule has 6 nitrogen and oxygen atoms in total. The van der Waals surface area contributed by atoms with Crippen molar-refractivity contribution in [3.05, 3.63) is 60.2 Å². The highest BCUT2D eigenvalue weighted by Crippen LogP contribution is 2.21. The van der Waals surface area contributed by atoms with Crippen molar-refractivity contribution in [1.82, 2.24) is 10.6 Å². The molecule has 0 saturated carbocycles. The second-order valence-corrected chi connectivity index (χ2v) is 7.99. The molecular formula is C22H28N2O4. The van der Waals surface area contributed by atoms with Crippen LogP contribution in [0.1, 0.15) is 40.2 Å². The zero-order chi connectivity index (χ0) is 20.8. The van der Waals surface area contributed by atoms with Gasteiger partial charge in [-0.05, 0) is 64.4 Å². The number of carbonyl (C=O) groups excluding carboxylic acids is 2. The Morgan fingerprint density at radius 2 is 1.43 bits per heavy atom. The quantitative estimate of drug-likeness (QED) is 0.774. The Kier molecular flexibility index (Phi) is 6.67. The van der Waals surface area contributed by atoms with Gasteiger partial charge in [0.25, 0.3) is 0 Å². The fraction of sp³-hybridized carbons (Fsp3) is 0.364. The number of hydrogen-bond donors (Lipinski definition) is 2. The molecule has 0 aromatic heterocycles. The Morgan fingerprint density at radius 3 is 2.00 bits per heavy atom. The van der Waals surface area contributed by atoms with E-state index in [4.69, 9.17) is 9.47 Å². The molecule has 2 aromatic rings. The molecule has 2 amide bonds. The first-order valence-electron chi connectivity index (χ1n) is 9.16. The zero-order valence-electron chi connectivity index (χ0n) is 17.0. The number of alkyl carbamates (subject to hydrolysis) is 1. The minimum absolute atomic E-state index is 0.303. The van der Waals surface area contributed by atoms with Crippen molar-refractivity contribution in [3.8, 4) is 11.5 Å². The number of ether oxygens (including phenoxy) is 2. The van der Waals surface area contributed by atoms with E-state index in [-0.39, 0.29) is 5.91 Å². The molecule has 0 saturated heterocycles. The number of para-hydroxylation sites is 1. The van der Waals surface area contributed by atoms with E-state index in [9.17, 15) is 9.59 Å². The van der Waals surface area contributed by atoms with Gasteiger partial charge in [-0.15, -0.1) is 0 Å². The fourth-order valence-corrected chi connectivity index (χ4v) is 2.32. The number of nitrogens with one attached hydrogen (secondary N) is 2. The molecule has 6 heteroatoms. The van der Waals surface area contributed by atoms with Crippen molar-refractivity contribution in [3.63, 3.8) is 0 Å². The maximum Gasteiger partial charge on any atom is 0.408 e. The van der Waals surface area contributed by atoms with Crippen molar-refractivity contribution >= 4 is 12.0 Å². The van der Waals surface area contributed by atoms with Gasteiger partial charge in [0.05, 0.1) is 0 Å². The molecule has 0 bridgehead atoms. The SMILES string of the molecule is CC(C)(C)OC(=O)NC(C)(C)C(=O)NCc1ccc(Oc2ccccc2)cc1. The molecule has 0 atom stereocenters. The topological polar surface area (TPSA) is 76.7 Å². The van der Waals surface area contributed by atoms with Gasteiger partial charge in [-0.3, -0.25) is 4.79 Å². The first-order valence-corrected chi connectivity index (χ1v) is 9.16. The van der Waals surface area contributed by atoms with E-state index in [1.165, 1.54) is 0 Å². The molecule has 0 aliphatic rings. The average molecular weight is 384 g/mol. The van der Waals surface area contributed by atoms with Crippen LogP contribution in [0, 0.1) is 0 Å². The highest BCUT2D eigenvalue weighted by Gasteiger charge is 2.31. The van der Waals surface area contributed by atoms with Gasteiger partial charge in [0, 0.05) is 6.54 Å². The summed E-state index contributed by atoms with van der Waals surface area (Å²) in [6, 6.07) is 17.0. The number of benzene rings is 2. The fourth-order valence-electron chi connectivity index (χ4n) is 2.32. The summed E-state index contributed by atoms with van der Waals surface area (Å²) in [7, 11) is 0. The highest BCUT2D eigenvalue weighted by atomic mass is 16.6. The minimum atomic E-state index is -1.10. The van der Waals surface area contributed by atoms with Gasteiger partial charge >= 0.3 is 6.09 Å². The lowest BCUT2D eigenvalue weighted by Gasteiger charge is -2.27. The zero-order valence-corrected chi connectivity index (χ0v) is 17.0. The van der Waals surface area contributed by atoms with Crippen molar-refractivity contribution < 1.29 is 19.1 Å². The molecule has 0 unspecified atom stereocenters. The van der Waals surface area contributed by atoms with Gasteiger partial charge in [-0.2, -0.15) is 0 Å². The largest absolute Gasteiger partial charge is 0.457 e. The molecule has 0 radical (unpaired) electrons. The predicted octanol–water partition coefficient (Wildman–Crippen LogP) is 4.40. The molecular weight excluding hydrogens is 356 g/mol. The smallest absolute Gasteiger partial charge is 0.408 e. The third-order valence-electron chi connectivity index (χ3n) is 3.74. The van der Waals surface area contributed by atoms with E-state index < -0.39 is 17.2 Å². The van der Waals surface area contributed by atoms with Crippen molar-refractivity contribution in [2.75, 3.05) is 0 Å². The van der Waals surface area contributed by atoms with Crippen LogP contribution >= 0.6 is 0 Å². The molecule has 0 fully saturated rings. The number of rotatable bonds is 6. The Labute approximate surface area is 166 Å². The highest BCUT2D eigenvalue weighted by molar-refractivity contribution is 5.89. The molecule has 0 aliphatic heterocycles. The Balaban J connectivity index is 1.86. The van der Waals surface area contributed by atoms with E-state index in [0.717, 1.165) is 11.3 Å². The van der Waals surface area contributed by atoms with Crippen molar-refractivity contribution in [2.45, 2.75) is 52.3 Å². The van der Waals surface area contributed by atoms with Crippen LogP contribution in [0.15, 0.2) is 54.6 Å². The maximum atomic E-state index is 12.4. The summed E-state index contributed by atoms with van der Waals surface area (Å²) in [5, 5.41) is 5.42. The predicted molar refractivity (Wildman–Crippen MR) is 108 cm³/mol. The molecule has 0 spiro atoms. The summed E-state index contributed by atoms with van der Waals surface area (Å²) in [6.45, 7) is 8.90. The van der Waals surface area contributed by atoms with Crippen LogP contribution in [0.3, 0.4) is 0 Å². The molecule has 0 heterocycles. The normalized spacial score (nSPS) is 11.5. The van der Waals surface area contributed by atoms with Crippen LogP contribution in [0.2, 0.25) is 0 Å². The molecule has 28 heavy (non-hydrogen) atoms. The van der Waals surface area contributed by atoms with Crippen LogP contribution in [-0.4, -0.2) is 23.1 Å². The van der Waals surface area contributed by atoms with Crippen molar-refractivity contribution in [2.24, 2.45) is 0 Å².